The summed E-state index contributed by atoms with van der Waals surface area (Å²) < 4.78 is 0. The van der Waals surface area contributed by atoms with Gasteiger partial charge in [0.15, 0.2) is 0 Å². The Morgan fingerprint density at radius 1 is 0.905 bits per heavy atom. The van der Waals surface area contributed by atoms with E-state index in [9.17, 15) is 0 Å². The first-order valence-corrected chi connectivity index (χ1v) is 8.20. The van der Waals surface area contributed by atoms with Gasteiger partial charge in [-0.3, -0.25) is 0 Å². The maximum absolute atomic E-state index is 6.42. The molecule has 2 aromatic carbocycles. The standard InChI is InChI=1S/C17H16Cl3N/c18-12-4-1-3-11(9-12)14-10-21-8-7-13(14)17-15(19)5-2-6-16(17)20/h1-6,9,13-14,21H,7-8,10H2. The number of nitrogens with one attached hydrogen (secondary N) is 1. The molecule has 0 saturated carbocycles. The number of rotatable bonds is 2. The number of hydrogen-bond donors (Lipinski definition) is 1. The van der Waals surface area contributed by atoms with E-state index in [1.807, 2.05) is 36.4 Å². The minimum Gasteiger partial charge on any atom is -0.316 e. The van der Waals surface area contributed by atoms with Gasteiger partial charge in [0.2, 0.25) is 0 Å². The van der Waals surface area contributed by atoms with Crippen molar-refractivity contribution in [2.75, 3.05) is 13.1 Å². The van der Waals surface area contributed by atoms with Crippen molar-refractivity contribution in [2.24, 2.45) is 0 Å². The van der Waals surface area contributed by atoms with Gasteiger partial charge in [0.1, 0.15) is 0 Å². The fourth-order valence-corrected chi connectivity index (χ4v) is 4.03. The van der Waals surface area contributed by atoms with Crippen LogP contribution >= 0.6 is 34.8 Å². The fourth-order valence-electron chi connectivity index (χ4n) is 3.16. The van der Waals surface area contributed by atoms with Gasteiger partial charge in [0.25, 0.3) is 0 Å². The van der Waals surface area contributed by atoms with Crippen molar-refractivity contribution in [3.05, 3.63) is 68.7 Å². The van der Waals surface area contributed by atoms with E-state index in [0.29, 0.717) is 11.8 Å². The minimum absolute atomic E-state index is 0.311. The van der Waals surface area contributed by atoms with Crippen molar-refractivity contribution >= 4 is 34.8 Å². The maximum Gasteiger partial charge on any atom is 0.0455 e. The summed E-state index contributed by atoms with van der Waals surface area (Å²) >= 11 is 19.0. The van der Waals surface area contributed by atoms with Crippen LogP contribution in [0.1, 0.15) is 29.4 Å². The van der Waals surface area contributed by atoms with Crippen LogP contribution in [0.5, 0.6) is 0 Å². The summed E-state index contributed by atoms with van der Waals surface area (Å²) in [7, 11) is 0. The van der Waals surface area contributed by atoms with E-state index >= 15 is 0 Å². The predicted octanol–water partition coefficient (Wildman–Crippen LogP) is 5.51. The lowest BCUT2D eigenvalue weighted by atomic mass is 9.77. The summed E-state index contributed by atoms with van der Waals surface area (Å²) in [6, 6.07) is 13.8. The first-order chi connectivity index (χ1) is 10.2. The second-order valence-electron chi connectivity index (χ2n) is 5.40. The van der Waals surface area contributed by atoms with Crippen molar-refractivity contribution in [1.29, 1.82) is 0 Å². The van der Waals surface area contributed by atoms with Crippen LogP contribution in [-0.2, 0) is 0 Å². The highest BCUT2D eigenvalue weighted by atomic mass is 35.5. The van der Waals surface area contributed by atoms with Crippen LogP contribution in [0, 0.1) is 0 Å². The average molecular weight is 341 g/mol. The Bertz CT molecular complexity index is 621. The monoisotopic (exact) mass is 339 g/mol. The molecule has 1 nitrogen and oxygen atoms in total. The Morgan fingerprint density at radius 2 is 1.62 bits per heavy atom. The molecule has 4 heteroatoms. The molecule has 1 saturated heterocycles. The lowest BCUT2D eigenvalue weighted by molar-refractivity contribution is 0.404. The highest BCUT2D eigenvalue weighted by molar-refractivity contribution is 6.36. The summed E-state index contributed by atoms with van der Waals surface area (Å²) in [5.41, 5.74) is 2.29. The van der Waals surface area contributed by atoms with Crippen LogP contribution in [0.2, 0.25) is 15.1 Å². The lowest BCUT2D eigenvalue weighted by Crippen LogP contribution is -2.34. The number of benzene rings is 2. The molecule has 1 fully saturated rings. The summed E-state index contributed by atoms with van der Waals surface area (Å²) in [4.78, 5) is 0. The second-order valence-corrected chi connectivity index (χ2v) is 6.65. The van der Waals surface area contributed by atoms with Gasteiger partial charge < -0.3 is 5.32 Å². The molecule has 0 amide bonds. The molecule has 2 aromatic rings. The van der Waals surface area contributed by atoms with Gasteiger partial charge >= 0.3 is 0 Å². The predicted molar refractivity (Wildman–Crippen MR) is 90.9 cm³/mol. The molecule has 2 atom stereocenters. The molecule has 21 heavy (non-hydrogen) atoms. The van der Waals surface area contributed by atoms with Gasteiger partial charge in [0.05, 0.1) is 0 Å². The zero-order valence-electron chi connectivity index (χ0n) is 11.5. The van der Waals surface area contributed by atoms with Crippen LogP contribution in [-0.4, -0.2) is 13.1 Å². The Balaban J connectivity index is 2.02. The van der Waals surface area contributed by atoms with Crippen molar-refractivity contribution in [3.63, 3.8) is 0 Å². The molecular weight excluding hydrogens is 325 g/mol. The number of halogens is 3. The molecule has 1 aliphatic rings. The van der Waals surface area contributed by atoms with Crippen LogP contribution in [0.4, 0.5) is 0 Å². The normalized spacial score (nSPS) is 22.2. The zero-order chi connectivity index (χ0) is 14.8. The Labute approximate surface area is 140 Å². The highest BCUT2D eigenvalue weighted by Crippen LogP contribution is 2.43. The zero-order valence-corrected chi connectivity index (χ0v) is 13.7. The summed E-state index contributed by atoms with van der Waals surface area (Å²) in [5, 5.41) is 5.73. The fraction of sp³-hybridized carbons (Fsp3) is 0.294. The molecule has 0 aliphatic carbocycles. The molecule has 0 radical (unpaired) electrons. The van der Waals surface area contributed by atoms with E-state index in [1.165, 1.54) is 5.56 Å². The second kappa shape index (κ2) is 6.58. The van der Waals surface area contributed by atoms with Gasteiger partial charge in [-0.2, -0.15) is 0 Å². The molecule has 3 rings (SSSR count). The third-order valence-corrected chi connectivity index (χ3v) is 5.02. The molecule has 1 aliphatic heterocycles. The van der Waals surface area contributed by atoms with Crippen molar-refractivity contribution < 1.29 is 0 Å². The summed E-state index contributed by atoms with van der Waals surface area (Å²) in [6.07, 6.45) is 1.01. The van der Waals surface area contributed by atoms with Crippen molar-refractivity contribution in [3.8, 4) is 0 Å². The van der Waals surface area contributed by atoms with E-state index in [1.54, 1.807) is 0 Å². The van der Waals surface area contributed by atoms with E-state index in [0.717, 1.165) is 40.1 Å². The molecule has 0 spiro atoms. The van der Waals surface area contributed by atoms with Crippen LogP contribution in [0.25, 0.3) is 0 Å². The minimum atomic E-state index is 0.311. The Kier molecular flexibility index (Phi) is 4.75. The maximum atomic E-state index is 6.42. The average Bonchev–Trinajstić information content (AvgIpc) is 2.47. The van der Waals surface area contributed by atoms with Gasteiger partial charge in [-0.25, -0.2) is 0 Å². The van der Waals surface area contributed by atoms with Crippen LogP contribution in [0.15, 0.2) is 42.5 Å². The molecular formula is C17H16Cl3N. The first kappa shape index (κ1) is 15.2. The van der Waals surface area contributed by atoms with Crippen LogP contribution in [0.3, 0.4) is 0 Å². The van der Waals surface area contributed by atoms with Gasteiger partial charge in [-0.1, -0.05) is 53.0 Å². The highest BCUT2D eigenvalue weighted by Gasteiger charge is 2.30. The van der Waals surface area contributed by atoms with E-state index < -0.39 is 0 Å². The topological polar surface area (TPSA) is 12.0 Å². The first-order valence-electron chi connectivity index (χ1n) is 7.07. The Hall–Kier alpha value is -0.730. The molecule has 110 valence electrons. The SMILES string of the molecule is Clc1cccc(C2CNCCC2c2c(Cl)cccc2Cl)c1. The molecule has 1 heterocycles. The van der Waals surface area contributed by atoms with Gasteiger partial charge in [-0.05, 0) is 54.3 Å². The third kappa shape index (κ3) is 3.22. The largest absolute Gasteiger partial charge is 0.316 e. The summed E-state index contributed by atoms with van der Waals surface area (Å²) in [5.74, 6) is 0.640. The van der Waals surface area contributed by atoms with Crippen molar-refractivity contribution in [1.82, 2.24) is 5.32 Å². The quantitative estimate of drug-likeness (QED) is 0.760. The number of piperidine rings is 1. The molecule has 2 unspecified atom stereocenters. The summed E-state index contributed by atoms with van der Waals surface area (Å²) in [6.45, 7) is 1.88. The third-order valence-electron chi connectivity index (χ3n) is 4.13. The van der Waals surface area contributed by atoms with Crippen molar-refractivity contribution in [2.45, 2.75) is 18.3 Å². The molecule has 1 N–H and O–H groups in total. The van der Waals surface area contributed by atoms with Gasteiger partial charge in [-0.15, -0.1) is 0 Å². The molecule has 0 bridgehead atoms. The van der Waals surface area contributed by atoms with E-state index in [4.69, 9.17) is 34.8 Å². The van der Waals surface area contributed by atoms with E-state index in [-0.39, 0.29) is 0 Å². The van der Waals surface area contributed by atoms with E-state index in [2.05, 4.69) is 11.4 Å². The van der Waals surface area contributed by atoms with Gasteiger partial charge in [0, 0.05) is 27.5 Å². The smallest absolute Gasteiger partial charge is 0.0455 e. The molecule has 0 aromatic heterocycles. The number of hydrogen-bond acceptors (Lipinski definition) is 1. The Morgan fingerprint density at radius 3 is 2.33 bits per heavy atom. The lowest BCUT2D eigenvalue weighted by Gasteiger charge is -2.34. The van der Waals surface area contributed by atoms with Crippen LogP contribution < -0.4 is 5.32 Å².